The van der Waals surface area contributed by atoms with E-state index in [2.05, 4.69) is 32.3 Å². The number of aromatic nitrogens is 1. The van der Waals surface area contributed by atoms with E-state index < -0.39 is 0 Å². The van der Waals surface area contributed by atoms with Gasteiger partial charge in [0.05, 0.1) is 0 Å². The Morgan fingerprint density at radius 2 is 2.67 bits per heavy atom. The summed E-state index contributed by atoms with van der Waals surface area (Å²) in [4.78, 5) is 0. The first kappa shape index (κ1) is 4.11. The topological polar surface area (TPSA) is 26.0 Å². The van der Waals surface area contributed by atoms with Gasteiger partial charge < -0.3 is 4.52 Å². The van der Waals surface area contributed by atoms with Gasteiger partial charge in [-0.05, 0) is 22.6 Å². The predicted molar refractivity (Wildman–Crippen MR) is 29.2 cm³/mol. The van der Waals surface area contributed by atoms with Gasteiger partial charge in [-0.25, -0.2) is 0 Å². The van der Waals surface area contributed by atoms with Crippen molar-refractivity contribution in [1.82, 2.24) is 5.16 Å². The standard InChI is InChI=1S/C3H2INO/c4-3-1-2-6-5-3/h1-2H. The van der Waals surface area contributed by atoms with Crippen molar-refractivity contribution in [3.05, 3.63) is 16.0 Å². The zero-order valence-corrected chi connectivity index (χ0v) is 5.05. The lowest BCUT2D eigenvalue weighted by molar-refractivity contribution is 0.415. The third kappa shape index (κ3) is 0.707. The Hall–Kier alpha value is -0.0600. The number of nitrogens with zero attached hydrogens (tertiary/aromatic N) is 1. The van der Waals surface area contributed by atoms with E-state index in [0.29, 0.717) is 0 Å². The van der Waals surface area contributed by atoms with Crippen LogP contribution in [-0.4, -0.2) is 5.16 Å². The van der Waals surface area contributed by atoms with E-state index in [-0.39, 0.29) is 0 Å². The van der Waals surface area contributed by atoms with Gasteiger partial charge in [0.1, 0.15) is 9.96 Å². The fraction of sp³-hybridized carbons (Fsp3) is 0. The van der Waals surface area contributed by atoms with Gasteiger partial charge in [0, 0.05) is 6.07 Å². The van der Waals surface area contributed by atoms with Crippen molar-refractivity contribution in [3.63, 3.8) is 0 Å². The molecule has 6 heavy (non-hydrogen) atoms. The first-order valence-corrected chi connectivity index (χ1v) is 2.53. The molecule has 0 aromatic carbocycles. The molecule has 0 atom stereocenters. The van der Waals surface area contributed by atoms with E-state index in [1.807, 2.05) is 0 Å². The summed E-state index contributed by atoms with van der Waals surface area (Å²) in [5.41, 5.74) is 0. The van der Waals surface area contributed by atoms with Crippen LogP contribution in [-0.2, 0) is 0 Å². The summed E-state index contributed by atoms with van der Waals surface area (Å²) in [6.07, 6.45) is 1.54. The zero-order valence-electron chi connectivity index (χ0n) is 2.89. The van der Waals surface area contributed by atoms with Crippen LogP contribution in [0.4, 0.5) is 0 Å². The lowest BCUT2D eigenvalue weighted by Gasteiger charge is -1.59. The molecule has 0 spiro atoms. The third-order valence-corrected chi connectivity index (χ3v) is 0.963. The Kier molecular flexibility index (Phi) is 1.09. The summed E-state index contributed by atoms with van der Waals surface area (Å²) in [7, 11) is 0. The van der Waals surface area contributed by atoms with Crippen LogP contribution in [0.25, 0.3) is 0 Å². The molecule has 0 fully saturated rings. The number of hydrogen-bond acceptors (Lipinski definition) is 2. The molecule has 1 aromatic heterocycles. The van der Waals surface area contributed by atoms with Crippen LogP contribution in [0.2, 0.25) is 0 Å². The minimum Gasteiger partial charge on any atom is -0.364 e. The Morgan fingerprint density at radius 3 is 2.83 bits per heavy atom. The van der Waals surface area contributed by atoms with Crippen LogP contribution in [0.15, 0.2) is 16.9 Å². The van der Waals surface area contributed by atoms with Crippen molar-refractivity contribution in [2.45, 2.75) is 0 Å². The number of rotatable bonds is 0. The van der Waals surface area contributed by atoms with Gasteiger partial charge in [0.25, 0.3) is 0 Å². The zero-order chi connectivity index (χ0) is 4.41. The SMILES string of the molecule is Ic1ccon1. The van der Waals surface area contributed by atoms with Crippen LogP contribution in [0.5, 0.6) is 0 Å². The molecule has 0 unspecified atom stereocenters. The molecule has 32 valence electrons. The van der Waals surface area contributed by atoms with Crippen LogP contribution >= 0.6 is 22.6 Å². The molecule has 0 aliphatic rings. The Labute approximate surface area is 48.7 Å². The molecule has 1 aromatic rings. The van der Waals surface area contributed by atoms with E-state index in [0.717, 1.165) is 3.70 Å². The Balaban J connectivity index is 3.05. The summed E-state index contributed by atoms with van der Waals surface area (Å²) < 4.78 is 5.35. The maximum atomic E-state index is 4.46. The molecule has 0 aliphatic heterocycles. The van der Waals surface area contributed by atoms with Gasteiger partial charge in [0.15, 0.2) is 0 Å². The van der Waals surface area contributed by atoms with Crippen molar-refractivity contribution < 1.29 is 4.52 Å². The molecule has 1 rings (SSSR count). The highest BCUT2D eigenvalue weighted by atomic mass is 127. The van der Waals surface area contributed by atoms with Gasteiger partial charge in [-0.1, -0.05) is 5.16 Å². The highest BCUT2D eigenvalue weighted by Gasteiger charge is 1.80. The summed E-state index contributed by atoms with van der Waals surface area (Å²) in [5.74, 6) is 0. The molecule has 3 heteroatoms. The smallest absolute Gasteiger partial charge is 0.144 e. The third-order valence-electron chi connectivity index (χ3n) is 0.406. The second kappa shape index (κ2) is 1.59. The highest BCUT2D eigenvalue weighted by molar-refractivity contribution is 14.1. The van der Waals surface area contributed by atoms with Gasteiger partial charge in [-0.15, -0.1) is 0 Å². The van der Waals surface area contributed by atoms with Crippen molar-refractivity contribution in [3.8, 4) is 0 Å². The fourth-order valence-corrected chi connectivity index (χ4v) is 0.458. The van der Waals surface area contributed by atoms with E-state index in [4.69, 9.17) is 0 Å². The fourth-order valence-electron chi connectivity index (χ4n) is 0.198. The Bertz CT molecular complexity index is 114. The molecule has 0 N–H and O–H groups in total. The van der Waals surface area contributed by atoms with E-state index in [1.54, 1.807) is 12.3 Å². The highest BCUT2D eigenvalue weighted by Crippen LogP contribution is 1.95. The van der Waals surface area contributed by atoms with Gasteiger partial charge in [-0.3, -0.25) is 0 Å². The molecule has 0 amide bonds. The van der Waals surface area contributed by atoms with Crippen LogP contribution in [0, 0.1) is 3.70 Å². The molecule has 1 heterocycles. The lowest BCUT2D eigenvalue weighted by Crippen LogP contribution is -1.57. The minimum atomic E-state index is 0.896. The summed E-state index contributed by atoms with van der Waals surface area (Å²) in [6.45, 7) is 0. The molecular formula is C3H2INO. The summed E-state index contributed by atoms with van der Waals surface area (Å²) in [5, 5.41) is 3.53. The first-order chi connectivity index (χ1) is 2.89. The van der Waals surface area contributed by atoms with Gasteiger partial charge in [-0.2, -0.15) is 0 Å². The maximum absolute atomic E-state index is 4.46. The Morgan fingerprint density at radius 1 is 1.83 bits per heavy atom. The van der Waals surface area contributed by atoms with Crippen LogP contribution in [0.3, 0.4) is 0 Å². The average Bonchev–Trinajstić information content (AvgIpc) is 1.86. The summed E-state index contributed by atoms with van der Waals surface area (Å²) >= 11 is 2.07. The van der Waals surface area contributed by atoms with Gasteiger partial charge >= 0.3 is 0 Å². The molecule has 0 radical (unpaired) electrons. The molecule has 0 saturated carbocycles. The van der Waals surface area contributed by atoms with Crippen molar-refractivity contribution in [2.24, 2.45) is 0 Å². The normalized spacial score (nSPS) is 8.83. The molecule has 0 saturated heterocycles. The lowest BCUT2D eigenvalue weighted by atomic mass is 10.8. The number of halogens is 1. The van der Waals surface area contributed by atoms with Crippen LogP contribution < -0.4 is 0 Å². The average molecular weight is 195 g/mol. The first-order valence-electron chi connectivity index (χ1n) is 1.45. The van der Waals surface area contributed by atoms with Crippen molar-refractivity contribution in [1.29, 1.82) is 0 Å². The predicted octanol–water partition coefficient (Wildman–Crippen LogP) is 1.28. The summed E-state index contributed by atoms with van der Waals surface area (Å²) in [6, 6.07) is 1.79. The largest absolute Gasteiger partial charge is 0.364 e. The van der Waals surface area contributed by atoms with E-state index in [9.17, 15) is 0 Å². The van der Waals surface area contributed by atoms with Crippen molar-refractivity contribution in [2.75, 3.05) is 0 Å². The maximum Gasteiger partial charge on any atom is 0.144 e. The molecule has 2 nitrogen and oxygen atoms in total. The quantitative estimate of drug-likeness (QED) is 0.582. The monoisotopic (exact) mass is 195 g/mol. The minimum absolute atomic E-state index is 0.896. The van der Waals surface area contributed by atoms with Crippen LogP contribution in [0.1, 0.15) is 0 Å². The van der Waals surface area contributed by atoms with E-state index in [1.165, 1.54) is 0 Å². The van der Waals surface area contributed by atoms with Gasteiger partial charge in [0.2, 0.25) is 0 Å². The van der Waals surface area contributed by atoms with Crippen molar-refractivity contribution >= 4 is 22.6 Å². The molecule has 0 aliphatic carbocycles. The molecular weight excluding hydrogens is 193 g/mol. The molecule has 0 bridgehead atoms. The number of hydrogen-bond donors (Lipinski definition) is 0. The second-order valence-electron chi connectivity index (χ2n) is 0.822. The second-order valence-corrected chi connectivity index (χ2v) is 1.93. The van der Waals surface area contributed by atoms with E-state index >= 15 is 0 Å².